The number of piperidine rings is 1. The highest BCUT2D eigenvalue weighted by molar-refractivity contribution is 5.81. The lowest BCUT2D eigenvalue weighted by Crippen LogP contribution is -2.62. The molecule has 0 bridgehead atoms. The molecule has 0 saturated carbocycles. The van der Waals surface area contributed by atoms with Crippen molar-refractivity contribution in [3.05, 3.63) is 0 Å². The summed E-state index contributed by atoms with van der Waals surface area (Å²) in [7, 11) is 2.06. The van der Waals surface area contributed by atoms with E-state index in [0.29, 0.717) is 12.5 Å². The number of likely N-dealkylation sites (N-methyl/N-ethyl adjacent to an activating group) is 1. The maximum atomic E-state index is 12.2. The summed E-state index contributed by atoms with van der Waals surface area (Å²) < 4.78 is 5.24. The molecular formula is C13H26N2O2. The first kappa shape index (κ1) is 14.5. The summed E-state index contributed by atoms with van der Waals surface area (Å²) in [5.74, 6) is 0.445. The second-order valence-electron chi connectivity index (χ2n) is 5.42. The lowest BCUT2D eigenvalue weighted by atomic mass is 9.88. The summed E-state index contributed by atoms with van der Waals surface area (Å²) in [5, 5.41) is 3.43. The normalized spacial score (nSPS) is 26.2. The van der Waals surface area contributed by atoms with E-state index in [-0.39, 0.29) is 5.97 Å². The van der Waals surface area contributed by atoms with Gasteiger partial charge in [0.1, 0.15) is 5.54 Å². The van der Waals surface area contributed by atoms with Crippen molar-refractivity contribution in [2.75, 3.05) is 33.3 Å². The van der Waals surface area contributed by atoms with Gasteiger partial charge in [0.25, 0.3) is 0 Å². The van der Waals surface area contributed by atoms with E-state index in [1.54, 1.807) is 0 Å². The van der Waals surface area contributed by atoms with Gasteiger partial charge in [0.05, 0.1) is 6.61 Å². The van der Waals surface area contributed by atoms with Crippen LogP contribution in [0.3, 0.4) is 0 Å². The average Bonchev–Trinajstić information content (AvgIpc) is 2.27. The number of hydrogen-bond acceptors (Lipinski definition) is 4. The number of rotatable bonds is 5. The van der Waals surface area contributed by atoms with Crippen LogP contribution >= 0.6 is 0 Å². The largest absolute Gasteiger partial charge is 0.465 e. The molecular weight excluding hydrogens is 216 g/mol. The molecule has 0 aromatic rings. The summed E-state index contributed by atoms with van der Waals surface area (Å²) in [5.41, 5.74) is -0.493. The van der Waals surface area contributed by atoms with Crippen molar-refractivity contribution in [3.8, 4) is 0 Å². The highest BCUT2D eigenvalue weighted by Crippen LogP contribution is 2.22. The predicted octanol–water partition coefficient (Wildman–Crippen LogP) is 1.26. The third-order valence-electron chi connectivity index (χ3n) is 3.20. The molecule has 100 valence electrons. The molecule has 1 rings (SSSR count). The third kappa shape index (κ3) is 3.96. The van der Waals surface area contributed by atoms with Crippen molar-refractivity contribution in [1.29, 1.82) is 0 Å². The molecule has 1 saturated heterocycles. The zero-order chi connectivity index (χ0) is 12.9. The quantitative estimate of drug-likeness (QED) is 0.737. The lowest BCUT2D eigenvalue weighted by Gasteiger charge is -2.40. The average molecular weight is 242 g/mol. The van der Waals surface area contributed by atoms with Gasteiger partial charge in [-0.05, 0) is 45.8 Å². The van der Waals surface area contributed by atoms with Crippen LogP contribution in [0.5, 0.6) is 0 Å². The van der Waals surface area contributed by atoms with Crippen molar-refractivity contribution >= 4 is 5.97 Å². The molecule has 1 N–H and O–H groups in total. The summed E-state index contributed by atoms with van der Waals surface area (Å²) >= 11 is 0. The number of esters is 1. The van der Waals surface area contributed by atoms with Crippen LogP contribution < -0.4 is 5.32 Å². The molecule has 17 heavy (non-hydrogen) atoms. The van der Waals surface area contributed by atoms with Gasteiger partial charge in [-0.3, -0.25) is 0 Å². The zero-order valence-electron chi connectivity index (χ0n) is 11.6. The molecule has 0 aromatic heterocycles. The molecule has 1 aliphatic heterocycles. The van der Waals surface area contributed by atoms with E-state index in [4.69, 9.17) is 4.74 Å². The minimum atomic E-state index is -0.493. The van der Waals surface area contributed by atoms with E-state index in [9.17, 15) is 4.79 Å². The molecule has 0 aromatic carbocycles. The molecule has 0 amide bonds. The SMILES string of the molecule is CCOC(=O)C1(NCC(C)C)CCCN(C)C1. The Balaban J connectivity index is 2.71. The Bertz CT molecular complexity index is 256. The van der Waals surface area contributed by atoms with Crippen LogP contribution in [0.15, 0.2) is 0 Å². The summed E-state index contributed by atoms with van der Waals surface area (Å²) in [6.45, 7) is 9.28. The van der Waals surface area contributed by atoms with Gasteiger partial charge in [-0.2, -0.15) is 0 Å². The topological polar surface area (TPSA) is 41.6 Å². The Hall–Kier alpha value is -0.610. The molecule has 1 unspecified atom stereocenters. The Kier molecular flexibility index (Phi) is 5.40. The number of carbonyl (C=O) groups is 1. The van der Waals surface area contributed by atoms with Gasteiger partial charge < -0.3 is 15.0 Å². The maximum absolute atomic E-state index is 12.2. The van der Waals surface area contributed by atoms with Gasteiger partial charge in [0.2, 0.25) is 0 Å². The molecule has 1 fully saturated rings. The molecule has 1 heterocycles. The van der Waals surface area contributed by atoms with Crippen LogP contribution in [0, 0.1) is 5.92 Å². The van der Waals surface area contributed by atoms with Crippen molar-refractivity contribution in [2.24, 2.45) is 5.92 Å². The molecule has 1 atom stereocenters. The van der Waals surface area contributed by atoms with E-state index in [0.717, 1.165) is 32.5 Å². The Morgan fingerprint density at radius 1 is 1.53 bits per heavy atom. The first-order valence-corrected chi connectivity index (χ1v) is 6.61. The number of nitrogens with zero attached hydrogens (tertiary/aromatic N) is 1. The number of ether oxygens (including phenoxy) is 1. The summed E-state index contributed by atoms with van der Waals surface area (Å²) in [6, 6.07) is 0. The minimum Gasteiger partial charge on any atom is -0.465 e. The number of likely N-dealkylation sites (tertiary alicyclic amines) is 1. The molecule has 4 heteroatoms. The maximum Gasteiger partial charge on any atom is 0.327 e. The van der Waals surface area contributed by atoms with Crippen molar-refractivity contribution in [3.63, 3.8) is 0 Å². The van der Waals surface area contributed by atoms with Crippen LogP contribution in [0.4, 0.5) is 0 Å². The fourth-order valence-electron chi connectivity index (χ4n) is 2.32. The van der Waals surface area contributed by atoms with Crippen molar-refractivity contribution in [2.45, 2.75) is 39.2 Å². The molecule has 0 aliphatic carbocycles. The fourth-order valence-corrected chi connectivity index (χ4v) is 2.32. The third-order valence-corrected chi connectivity index (χ3v) is 3.20. The Morgan fingerprint density at radius 3 is 2.76 bits per heavy atom. The fraction of sp³-hybridized carbons (Fsp3) is 0.923. The van der Waals surface area contributed by atoms with Gasteiger partial charge in [-0.25, -0.2) is 4.79 Å². The second kappa shape index (κ2) is 6.36. The highest BCUT2D eigenvalue weighted by atomic mass is 16.5. The first-order valence-electron chi connectivity index (χ1n) is 6.61. The smallest absolute Gasteiger partial charge is 0.327 e. The Morgan fingerprint density at radius 2 is 2.24 bits per heavy atom. The van der Waals surface area contributed by atoms with Crippen molar-refractivity contribution < 1.29 is 9.53 Å². The van der Waals surface area contributed by atoms with Crippen LogP contribution in [0.25, 0.3) is 0 Å². The zero-order valence-corrected chi connectivity index (χ0v) is 11.6. The molecule has 1 aliphatic rings. The number of carbonyl (C=O) groups excluding carboxylic acids is 1. The standard InChI is InChI=1S/C13H26N2O2/c1-5-17-12(16)13(14-9-11(2)3)7-6-8-15(4)10-13/h11,14H,5-10H2,1-4H3. The van der Waals surface area contributed by atoms with E-state index >= 15 is 0 Å². The monoisotopic (exact) mass is 242 g/mol. The van der Waals surface area contributed by atoms with Gasteiger partial charge in [-0.1, -0.05) is 13.8 Å². The predicted molar refractivity (Wildman–Crippen MR) is 68.9 cm³/mol. The number of nitrogens with one attached hydrogen (secondary N) is 1. The second-order valence-corrected chi connectivity index (χ2v) is 5.42. The molecule has 0 spiro atoms. The van der Waals surface area contributed by atoms with Gasteiger partial charge >= 0.3 is 5.97 Å². The van der Waals surface area contributed by atoms with E-state index in [1.807, 2.05) is 6.92 Å². The van der Waals surface area contributed by atoms with Crippen LogP contribution in [0.2, 0.25) is 0 Å². The van der Waals surface area contributed by atoms with E-state index in [1.165, 1.54) is 0 Å². The van der Waals surface area contributed by atoms with Crippen LogP contribution in [-0.2, 0) is 9.53 Å². The molecule has 4 nitrogen and oxygen atoms in total. The Labute approximate surface area is 105 Å². The highest BCUT2D eigenvalue weighted by Gasteiger charge is 2.42. The summed E-state index contributed by atoms with van der Waals surface area (Å²) in [4.78, 5) is 14.4. The summed E-state index contributed by atoms with van der Waals surface area (Å²) in [6.07, 6.45) is 1.92. The van der Waals surface area contributed by atoms with Gasteiger partial charge in [0, 0.05) is 6.54 Å². The van der Waals surface area contributed by atoms with Crippen LogP contribution in [-0.4, -0.2) is 49.7 Å². The first-order chi connectivity index (χ1) is 8.00. The van der Waals surface area contributed by atoms with Crippen molar-refractivity contribution in [1.82, 2.24) is 10.2 Å². The molecule has 0 radical (unpaired) electrons. The van der Waals surface area contributed by atoms with Gasteiger partial charge in [-0.15, -0.1) is 0 Å². The number of hydrogen-bond donors (Lipinski definition) is 1. The minimum absolute atomic E-state index is 0.0906. The van der Waals surface area contributed by atoms with E-state index < -0.39 is 5.54 Å². The lowest BCUT2D eigenvalue weighted by molar-refractivity contribution is -0.153. The van der Waals surface area contributed by atoms with Gasteiger partial charge in [0.15, 0.2) is 0 Å². The van der Waals surface area contributed by atoms with E-state index in [2.05, 4.69) is 31.1 Å². The van der Waals surface area contributed by atoms with Crippen LogP contribution in [0.1, 0.15) is 33.6 Å².